The molecule has 3 heteroatoms. The highest BCUT2D eigenvalue weighted by molar-refractivity contribution is 5.11. The van der Waals surface area contributed by atoms with Crippen molar-refractivity contribution in [2.24, 2.45) is 0 Å². The fraction of sp³-hybridized carbons (Fsp3) is 0.500. The molecule has 1 saturated heterocycles. The highest BCUT2D eigenvalue weighted by Crippen LogP contribution is 2.22. The number of hydrogen-bond donors (Lipinski definition) is 0. The summed E-state index contributed by atoms with van der Waals surface area (Å²) >= 11 is 0. The molecule has 0 radical (unpaired) electrons. The summed E-state index contributed by atoms with van der Waals surface area (Å²) in [5, 5.41) is 0. The monoisotopic (exact) mass is 154 g/mol. The molecular weight excluding hydrogens is 144 g/mol. The molecule has 1 unspecified atom stereocenters. The Labute approximate surface area is 65.2 Å². The Morgan fingerprint density at radius 2 is 2.18 bits per heavy atom. The van der Waals surface area contributed by atoms with Crippen LogP contribution in [0.3, 0.4) is 0 Å². The van der Waals surface area contributed by atoms with Crippen LogP contribution in [0.15, 0.2) is 24.5 Å². The Hall–Kier alpha value is -0.800. The lowest BCUT2D eigenvalue weighted by Gasteiger charge is -2.34. The predicted molar refractivity (Wildman–Crippen MR) is 38.9 cm³/mol. The van der Waals surface area contributed by atoms with Gasteiger partial charge in [0.15, 0.2) is 0 Å². The van der Waals surface area contributed by atoms with Gasteiger partial charge in [-0.25, -0.2) is 0 Å². The van der Waals surface area contributed by atoms with E-state index in [4.69, 9.17) is 14.2 Å². The Morgan fingerprint density at radius 3 is 2.82 bits per heavy atom. The molecule has 1 spiro atoms. The first-order valence-corrected chi connectivity index (χ1v) is 3.65. The maximum Gasteiger partial charge on any atom is 0.253 e. The van der Waals surface area contributed by atoms with E-state index in [0.717, 1.165) is 0 Å². The van der Waals surface area contributed by atoms with Gasteiger partial charge in [-0.3, -0.25) is 0 Å². The zero-order valence-electron chi connectivity index (χ0n) is 6.16. The second-order valence-corrected chi connectivity index (χ2v) is 2.52. The Balaban J connectivity index is 2.08. The van der Waals surface area contributed by atoms with Crippen LogP contribution in [0, 0.1) is 0 Å². The summed E-state index contributed by atoms with van der Waals surface area (Å²) in [6, 6.07) is 0. The van der Waals surface area contributed by atoms with Gasteiger partial charge in [0, 0.05) is 0 Å². The molecule has 2 aliphatic rings. The highest BCUT2D eigenvalue weighted by atomic mass is 16.7. The Morgan fingerprint density at radius 1 is 1.18 bits per heavy atom. The number of ether oxygens (including phenoxy) is 3. The van der Waals surface area contributed by atoms with E-state index < -0.39 is 5.79 Å². The lowest BCUT2D eigenvalue weighted by molar-refractivity contribution is -0.242. The molecule has 0 bridgehead atoms. The first-order valence-electron chi connectivity index (χ1n) is 3.65. The third kappa shape index (κ3) is 1.29. The second-order valence-electron chi connectivity index (χ2n) is 2.52. The number of allylic oxidation sites excluding steroid dienone is 2. The molecule has 2 heterocycles. The van der Waals surface area contributed by atoms with Gasteiger partial charge in [0.2, 0.25) is 0 Å². The van der Waals surface area contributed by atoms with Gasteiger partial charge >= 0.3 is 0 Å². The summed E-state index contributed by atoms with van der Waals surface area (Å²) in [5.41, 5.74) is 0. The molecule has 0 N–H and O–H groups in total. The molecule has 3 nitrogen and oxygen atoms in total. The van der Waals surface area contributed by atoms with Crippen LogP contribution in [0.5, 0.6) is 0 Å². The fourth-order valence-electron chi connectivity index (χ4n) is 1.13. The van der Waals surface area contributed by atoms with Crippen molar-refractivity contribution in [1.82, 2.24) is 0 Å². The molecule has 0 aromatic heterocycles. The minimum Gasteiger partial charge on any atom is -0.464 e. The van der Waals surface area contributed by atoms with Crippen molar-refractivity contribution in [1.29, 1.82) is 0 Å². The van der Waals surface area contributed by atoms with Crippen molar-refractivity contribution in [2.45, 2.75) is 5.79 Å². The Bertz CT molecular complexity index is 190. The van der Waals surface area contributed by atoms with Crippen molar-refractivity contribution in [3.05, 3.63) is 24.5 Å². The first-order chi connectivity index (χ1) is 5.41. The van der Waals surface area contributed by atoms with Crippen molar-refractivity contribution in [3.63, 3.8) is 0 Å². The maximum absolute atomic E-state index is 5.42. The molecule has 2 aliphatic heterocycles. The number of hydrogen-bond acceptors (Lipinski definition) is 3. The maximum atomic E-state index is 5.42. The van der Waals surface area contributed by atoms with Crippen LogP contribution in [0.1, 0.15) is 0 Å². The molecule has 0 amide bonds. The highest BCUT2D eigenvalue weighted by Gasteiger charge is 2.33. The summed E-state index contributed by atoms with van der Waals surface area (Å²) in [6.07, 6.45) is 7.21. The van der Waals surface area contributed by atoms with E-state index in [2.05, 4.69) is 0 Å². The molecule has 2 rings (SSSR count). The molecule has 0 saturated carbocycles. The van der Waals surface area contributed by atoms with Crippen LogP contribution in [0.25, 0.3) is 0 Å². The van der Waals surface area contributed by atoms with Crippen LogP contribution >= 0.6 is 0 Å². The third-order valence-electron chi connectivity index (χ3n) is 1.68. The van der Waals surface area contributed by atoms with Crippen molar-refractivity contribution in [2.75, 3.05) is 19.8 Å². The molecule has 11 heavy (non-hydrogen) atoms. The van der Waals surface area contributed by atoms with E-state index in [1.807, 2.05) is 18.2 Å². The molecule has 0 aromatic rings. The van der Waals surface area contributed by atoms with E-state index in [1.54, 1.807) is 6.26 Å². The van der Waals surface area contributed by atoms with Crippen LogP contribution in [0.2, 0.25) is 0 Å². The smallest absolute Gasteiger partial charge is 0.253 e. The SMILES string of the molecule is C1=COC2(C=C1)COCCO2. The zero-order valence-corrected chi connectivity index (χ0v) is 6.16. The second kappa shape index (κ2) is 2.68. The molecule has 0 aliphatic carbocycles. The molecule has 0 aromatic carbocycles. The van der Waals surface area contributed by atoms with Gasteiger partial charge in [-0.05, 0) is 12.2 Å². The van der Waals surface area contributed by atoms with E-state index in [1.165, 1.54) is 0 Å². The molecule has 60 valence electrons. The van der Waals surface area contributed by atoms with Gasteiger partial charge in [-0.2, -0.15) is 0 Å². The van der Waals surface area contributed by atoms with E-state index >= 15 is 0 Å². The zero-order chi connectivity index (χ0) is 7.57. The van der Waals surface area contributed by atoms with Crippen LogP contribution in [-0.4, -0.2) is 25.6 Å². The molecule has 1 atom stereocenters. The summed E-state index contributed by atoms with van der Waals surface area (Å²) in [6.45, 7) is 1.73. The summed E-state index contributed by atoms with van der Waals surface area (Å²) in [5.74, 6) is -0.632. The summed E-state index contributed by atoms with van der Waals surface area (Å²) in [7, 11) is 0. The van der Waals surface area contributed by atoms with E-state index in [-0.39, 0.29) is 0 Å². The van der Waals surface area contributed by atoms with Gasteiger partial charge in [-0.15, -0.1) is 0 Å². The third-order valence-corrected chi connectivity index (χ3v) is 1.68. The average molecular weight is 154 g/mol. The summed E-state index contributed by atoms with van der Waals surface area (Å²) < 4.78 is 15.9. The summed E-state index contributed by atoms with van der Waals surface area (Å²) in [4.78, 5) is 0. The topological polar surface area (TPSA) is 27.7 Å². The van der Waals surface area contributed by atoms with Crippen LogP contribution in [-0.2, 0) is 14.2 Å². The Kier molecular flexibility index (Phi) is 1.68. The van der Waals surface area contributed by atoms with Crippen molar-refractivity contribution in [3.8, 4) is 0 Å². The number of rotatable bonds is 0. The van der Waals surface area contributed by atoms with Crippen LogP contribution in [0.4, 0.5) is 0 Å². The minimum atomic E-state index is -0.632. The van der Waals surface area contributed by atoms with Gasteiger partial charge in [-0.1, -0.05) is 6.08 Å². The predicted octanol–water partition coefficient (Wildman–Crippen LogP) is 0.830. The fourth-order valence-corrected chi connectivity index (χ4v) is 1.13. The van der Waals surface area contributed by atoms with Gasteiger partial charge in [0.05, 0.1) is 19.5 Å². The molecular formula is C8H10O3. The standard InChI is InChI=1S/C8H10O3/c1-2-4-10-8(3-1)7-9-5-6-11-8/h1-4H,5-7H2. The quantitative estimate of drug-likeness (QED) is 0.517. The molecule has 1 fully saturated rings. The van der Waals surface area contributed by atoms with Gasteiger partial charge < -0.3 is 14.2 Å². The van der Waals surface area contributed by atoms with E-state index in [9.17, 15) is 0 Å². The average Bonchev–Trinajstić information content (AvgIpc) is 2.07. The van der Waals surface area contributed by atoms with Gasteiger partial charge in [0.1, 0.15) is 6.61 Å². The lowest BCUT2D eigenvalue weighted by Crippen LogP contribution is -2.43. The van der Waals surface area contributed by atoms with E-state index in [0.29, 0.717) is 19.8 Å². The van der Waals surface area contributed by atoms with Crippen LogP contribution < -0.4 is 0 Å². The van der Waals surface area contributed by atoms with Gasteiger partial charge in [0.25, 0.3) is 5.79 Å². The van der Waals surface area contributed by atoms with Crippen molar-refractivity contribution >= 4 is 0 Å². The lowest BCUT2D eigenvalue weighted by atomic mass is 10.2. The normalized spacial score (nSPS) is 35.6. The van der Waals surface area contributed by atoms with Crippen molar-refractivity contribution < 1.29 is 14.2 Å². The largest absolute Gasteiger partial charge is 0.464 e. The minimum absolute atomic E-state index is 0.480. The first kappa shape index (κ1) is 6.88.